The van der Waals surface area contributed by atoms with Gasteiger partial charge in [0.2, 0.25) is 0 Å². The van der Waals surface area contributed by atoms with Gasteiger partial charge in [0.25, 0.3) is 17.3 Å². The number of nitrogens with one attached hydrogen (secondary N) is 1. The molecule has 174 valence electrons. The Hall–Kier alpha value is -4.68. The van der Waals surface area contributed by atoms with E-state index in [2.05, 4.69) is 20.5 Å². The topological polar surface area (TPSA) is 161 Å². The monoisotopic (exact) mass is 464 g/mol. The van der Waals surface area contributed by atoms with Gasteiger partial charge in [0.15, 0.2) is 11.6 Å². The van der Waals surface area contributed by atoms with Gasteiger partial charge in [0.05, 0.1) is 21.5 Å². The standard InChI is InChI=1S/C21H20N8O5/c1-14-2-3-18(22-13-14)23-19-4-5-20(25-24-19)26-6-8-27(9-7-26)21(30)15-10-16(28(31)32)12-17(11-15)29(33)34/h2-5,10-13H,6-9H2,1H3,(H,22,23,24). The van der Waals surface area contributed by atoms with E-state index < -0.39 is 27.1 Å². The number of non-ortho nitro benzene ring substituents is 2. The van der Waals surface area contributed by atoms with Crippen molar-refractivity contribution in [3.05, 3.63) is 80.0 Å². The fraction of sp³-hybridized carbons (Fsp3) is 0.238. The van der Waals surface area contributed by atoms with Gasteiger partial charge in [0.1, 0.15) is 5.82 Å². The van der Waals surface area contributed by atoms with E-state index in [0.29, 0.717) is 43.6 Å². The average Bonchev–Trinajstić information content (AvgIpc) is 2.85. The summed E-state index contributed by atoms with van der Waals surface area (Å²) in [5, 5.41) is 33.7. The van der Waals surface area contributed by atoms with Crippen LogP contribution in [0.25, 0.3) is 0 Å². The Bertz CT molecular complexity index is 1190. The number of anilines is 3. The molecule has 1 fully saturated rings. The molecular formula is C21H20N8O5. The molecule has 0 bridgehead atoms. The van der Waals surface area contributed by atoms with Gasteiger partial charge in [-0.05, 0) is 30.7 Å². The van der Waals surface area contributed by atoms with Crippen LogP contribution in [0, 0.1) is 27.2 Å². The Morgan fingerprint density at radius 1 is 0.912 bits per heavy atom. The van der Waals surface area contributed by atoms with E-state index in [4.69, 9.17) is 0 Å². The van der Waals surface area contributed by atoms with Crippen molar-refractivity contribution < 1.29 is 14.6 Å². The Morgan fingerprint density at radius 3 is 2.09 bits per heavy atom. The molecule has 1 aliphatic heterocycles. The molecule has 0 atom stereocenters. The van der Waals surface area contributed by atoms with E-state index in [0.717, 1.165) is 23.8 Å². The van der Waals surface area contributed by atoms with E-state index in [9.17, 15) is 25.0 Å². The Morgan fingerprint density at radius 2 is 1.56 bits per heavy atom. The number of nitro groups is 2. The average molecular weight is 464 g/mol. The van der Waals surface area contributed by atoms with Gasteiger partial charge < -0.3 is 15.1 Å². The summed E-state index contributed by atoms with van der Waals surface area (Å²) in [5.41, 5.74) is -0.0374. The molecule has 1 saturated heterocycles. The number of pyridine rings is 1. The number of aromatic nitrogens is 3. The number of rotatable bonds is 6. The van der Waals surface area contributed by atoms with Crippen LogP contribution < -0.4 is 10.2 Å². The Labute approximate surface area is 193 Å². The molecule has 0 spiro atoms. The van der Waals surface area contributed by atoms with Gasteiger partial charge in [-0.1, -0.05) is 6.07 Å². The van der Waals surface area contributed by atoms with Crippen LogP contribution in [0.4, 0.5) is 28.8 Å². The van der Waals surface area contributed by atoms with E-state index in [1.54, 1.807) is 12.3 Å². The predicted molar refractivity (Wildman–Crippen MR) is 122 cm³/mol. The molecule has 1 aromatic carbocycles. The van der Waals surface area contributed by atoms with Gasteiger partial charge in [-0.2, -0.15) is 0 Å². The van der Waals surface area contributed by atoms with Gasteiger partial charge in [-0.25, -0.2) is 4.98 Å². The Kier molecular flexibility index (Phi) is 6.25. The van der Waals surface area contributed by atoms with Crippen molar-refractivity contribution in [1.29, 1.82) is 0 Å². The Balaban J connectivity index is 1.39. The molecule has 34 heavy (non-hydrogen) atoms. The smallest absolute Gasteiger partial charge is 0.277 e. The molecule has 1 amide bonds. The minimum atomic E-state index is -0.756. The SMILES string of the molecule is Cc1ccc(Nc2ccc(N3CCN(C(=O)c4cc([N+](=O)[O-])cc([N+](=O)[O-])c4)CC3)nn2)nc1. The quantitative estimate of drug-likeness (QED) is 0.424. The van der Waals surface area contributed by atoms with Crippen LogP contribution in [-0.4, -0.2) is 62.0 Å². The van der Waals surface area contributed by atoms with Crippen molar-refractivity contribution in [3.63, 3.8) is 0 Å². The minimum Gasteiger partial charge on any atom is -0.352 e. The summed E-state index contributed by atoms with van der Waals surface area (Å²) in [6, 6.07) is 10.3. The third-order valence-corrected chi connectivity index (χ3v) is 5.28. The molecule has 0 saturated carbocycles. The normalized spacial score (nSPS) is 13.4. The number of hydrogen-bond acceptors (Lipinski definition) is 10. The lowest BCUT2D eigenvalue weighted by Crippen LogP contribution is -2.49. The minimum absolute atomic E-state index is 0.0886. The highest BCUT2D eigenvalue weighted by molar-refractivity contribution is 5.95. The highest BCUT2D eigenvalue weighted by atomic mass is 16.6. The van der Waals surface area contributed by atoms with Gasteiger partial charge in [-0.3, -0.25) is 25.0 Å². The maximum atomic E-state index is 12.9. The molecule has 13 heteroatoms. The van der Waals surface area contributed by atoms with Crippen LogP contribution in [0.2, 0.25) is 0 Å². The van der Waals surface area contributed by atoms with Crippen molar-refractivity contribution >= 4 is 34.7 Å². The summed E-state index contributed by atoms with van der Waals surface area (Å²) >= 11 is 0. The molecule has 0 aliphatic carbocycles. The molecule has 1 N–H and O–H groups in total. The van der Waals surface area contributed by atoms with E-state index in [1.807, 2.05) is 30.0 Å². The number of benzene rings is 1. The van der Waals surface area contributed by atoms with Crippen molar-refractivity contribution in [1.82, 2.24) is 20.1 Å². The summed E-state index contributed by atoms with van der Waals surface area (Å²) in [7, 11) is 0. The van der Waals surface area contributed by atoms with Crippen LogP contribution in [0.15, 0.2) is 48.7 Å². The fourth-order valence-electron chi connectivity index (χ4n) is 3.48. The molecule has 2 aromatic heterocycles. The number of carbonyl (C=O) groups is 1. The second-order valence-electron chi connectivity index (χ2n) is 7.65. The van der Waals surface area contributed by atoms with E-state index in [1.165, 1.54) is 4.90 Å². The maximum Gasteiger partial charge on any atom is 0.277 e. The van der Waals surface area contributed by atoms with Gasteiger partial charge in [-0.15, -0.1) is 10.2 Å². The molecule has 13 nitrogen and oxygen atoms in total. The molecule has 1 aliphatic rings. The molecule has 4 rings (SSSR count). The summed E-state index contributed by atoms with van der Waals surface area (Å²) in [5.74, 6) is 1.34. The summed E-state index contributed by atoms with van der Waals surface area (Å²) in [4.78, 5) is 41.3. The molecule has 0 unspecified atom stereocenters. The number of nitro benzene ring substituents is 2. The van der Waals surface area contributed by atoms with Crippen molar-refractivity contribution in [3.8, 4) is 0 Å². The first-order chi connectivity index (χ1) is 16.3. The fourth-order valence-corrected chi connectivity index (χ4v) is 3.48. The number of aryl methyl sites for hydroxylation is 1. The third-order valence-electron chi connectivity index (χ3n) is 5.28. The van der Waals surface area contributed by atoms with Crippen molar-refractivity contribution in [2.24, 2.45) is 0 Å². The molecule has 0 radical (unpaired) electrons. The van der Waals surface area contributed by atoms with Crippen LogP contribution >= 0.6 is 0 Å². The molecule has 3 heterocycles. The van der Waals surface area contributed by atoms with E-state index >= 15 is 0 Å². The predicted octanol–water partition coefficient (Wildman–Crippen LogP) is 2.70. The summed E-state index contributed by atoms with van der Waals surface area (Å²) in [6.45, 7) is 3.52. The van der Waals surface area contributed by atoms with Crippen molar-refractivity contribution in [2.45, 2.75) is 6.92 Å². The van der Waals surface area contributed by atoms with Crippen LogP contribution in [-0.2, 0) is 0 Å². The number of carbonyl (C=O) groups excluding carboxylic acids is 1. The lowest BCUT2D eigenvalue weighted by molar-refractivity contribution is -0.394. The number of nitrogens with zero attached hydrogens (tertiary/aromatic N) is 7. The maximum absolute atomic E-state index is 12.9. The molecular weight excluding hydrogens is 444 g/mol. The van der Waals surface area contributed by atoms with Crippen LogP contribution in [0.3, 0.4) is 0 Å². The lowest BCUT2D eigenvalue weighted by Gasteiger charge is -2.35. The molecule has 3 aromatic rings. The zero-order chi connectivity index (χ0) is 24.2. The van der Waals surface area contributed by atoms with Crippen LogP contribution in [0.1, 0.15) is 15.9 Å². The summed E-state index contributed by atoms with van der Waals surface area (Å²) < 4.78 is 0. The third kappa shape index (κ3) is 5.03. The zero-order valence-electron chi connectivity index (χ0n) is 18.1. The number of piperazine rings is 1. The first-order valence-electron chi connectivity index (χ1n) is 10.3. The highest BCUT2D eigenvalue weighted by Gasteiger charge is 2.26. The number of amides is 1. The summed E-state index contributed by atoms with van der Waals surface area (Å²) in [6.07, 6.45) is 1.75. The zero-order valence-corrected chi connectivity index (χ0v) is 18.1. The van der Waals surface area contributed by atoms with Gasteiger partial charge >= 0.3 is 0 Å². The second-order valence-corrected chi connectivity index (χ2v) is 7.65. The number of hydrogen-bond donors (Lipinski definition) is 1. The lowest BCUT2D eigenvalue weighted by atomic mass is 10.1. The van der Waals surface area contributed by atoms with E-state index in [-0.39, 0.29) is 5.56 Å². The largest absolute Gasteiger partial charge is 0.352 e. The van der Waals surface area contributed by atoms with Crippen LogP contribution in [0.5, 0.6) is 0 Å². The van der Waals surface area contributed by atoms with Crippen molar-refractivity contribution in [2.75, 3.05) is 36.4 Å². The highest BCUT2D eigenvalue weighted by Crippen LogP contribution is 2.24. The second kappa shape index (κ2) is 9.44. The first-order valence-corrected chi connectivity index (χ1v) is 10.3. The van der Waals surface area contributed by atoms with Gasteiger partial charge in [0, 0.05) is 44.5 Å². The first kappa shape index (κ1) is 22.5.